The molecule has 0 saturated carbocycles. The molecule has 0 unspecified atom stereocenters. The fraction of sp³-hybridized carbons (Fsp3) is 0.250. The minimum absolute atomic E-state index is 0.291. The van der Waals surface area contributed by atoms with Gasteiger partial charge in [0.25, 0.3) is 0 Å². The van der Waals surface area contributed by atoms with Crippen LogP contribution in [0.25, 0.3) is 0 Å². The smallest absolute Gasteiger partial charge is 0.124 e. The number of morpholine rings is 1. The summed E-state index contributed by atoms with van der Waals surface area (Å²) < 4.78 is 24.4. The zero-order valence-electron chi connectivity index (χ0n) is 16.6. The maximum absolute atomic E-state index is 13.2. The highest BCUT2D eigenvalue weighted by atomic mass is 35.5. The van der Waals surface area contributed by atoms with Crippen LogP contribution in [0.5, 0.6) is 5.75 Å². The van der Waals surface area contributed by atoms with Crippen LogP contribution in [0.15, 0.2) is 66.7 Å². The molecule has 0 aliphatic carbocycles. The second-order valence-corrected chi connectivity index (χ2v) is 7.58. The molecule has 0 radical (unpaired) electrons. The molecular formula is C24H24ClFN2O2. The van der Waals surface area contributed by atoms with Crippen molar-refractivity contribution < 1.29 is 13.9 Å². The van der Waals surface area contributed by atoms with Gasteiger partial charge in [0.15, 0.2) is 0 Å². The monoisotopic (exact) mass is 426 g/mol. The summed E-state index contributed by atoms with van der Waals surface area (Å²) in [5, 5.41) is 3.81. The van der Waals surface area contributed by atoms with E-state index in [2.05, 4.69) is 34.5 Å². The highest BCUT2D eigenvalue weighted by molar-refractivity contribution is 6.31. The van der Waals surface area contributed by atoms with Crippen LogP contribution in [-0.2, 0) is 17.9 Å². The predicted octanol–water partition coefficient (Wildman–Crippen LogP) is 5.51. The first-order chi connectivity index (χ1) is 14.7. The number of rotatable bonds is 7. The summed E-state index contributed by atoms with van der Waals surface area (Å²) in [6.07, 6.45) is 0. The van der Waals surface area contributed by atoms with Crippen molar-refractivity contribution in [3.05, 3.63) is 88.7 Å². The molecule has 1 N–H and O–H groups in total. The first-order valence-electron chi connectivity index (χ1n) is 10.00. The third-order valence-corrected chi connectivity index (χ3v) is 5.40. The third-order valence-electron chi connectivity index (χ3n) is 5.05. The largest absolute Gasteiger partial charge is 0.489 e. The van der Waals surface area contributed by atoms with Crippen LogP contribution < -0.4 is 15.0 Å². The van der Waals surface area contributed by atoms with Crippen molar-refractivity contribution in [3.8, 4) is 5.75 Å². The summed E-state index contributed by atoms with van der Waals surface area (Å²) in [6, 6.07) is 20.7. The molecule has 1 fully saturated rings. The van der Waals surface area contributed by atoms with E-state index in [0.29, 0.717) is 18.2 Å². The minimum atomic E-state index is -0.352. The SMILES string of the molecule is Fc1ccc(COc2cccc(CNc3ccc(N4CCOCC4)cc3)c2)c(Cl)c1. The molecule has 156 valence electrons. The lowest BCUT2D eigenvalue weighted by Crippen LogP contribution is -2.36. The van der Waals surface area contributed by atoms with Crippen molar-refractivity contribution in [2.75, 3.05) is 36.5 Å². The number of hydrogen-bond donors (Lipinski definition) is 1. The molecule has 4 rings (SSSR count). The Morgan fingerprint density at radius 1 is 1.00 bits per heavy atom. The molecule has 6 heteroatoms. The van der Waals surface area contributed by atoms with E-state index in [9.17, 15) is 4.39 Å². The van der Waals surface area contributed by atoms with E-state index in [4.69, 9.17) is 21.1 Å². The van der Waals surface area contributed by atoms with Gasteiger partial charge in [-0.3, -0.25) is 0 Å². The van der Waals surface area contributed by atoms with Crippen molar-refractivity contribution >= 4 is 23.0 Å². The molecule has 0 spiro atoms. The molecule has 1 saturated heterocycles. The number of hydrogen-bond acceptors (Lipinski definition) is 4. The molecular weight excluding hydrogens is 403 g/mol. The van der Waals surface area contributed by atoms with Crippen LogP contribution in [0.4, 0.5) is 15.8 Å². The Kier molecular flexibility index (Phi) is 6.72. The Morgan fingerprint density at radius 3 is 2.57 bits per heavy atom. The van der Waals surface area contributed by atoms with Crippen molar-refractivity contribution in [2.24, 2.45) is 0 Å². The van der Waals surface area contributed by atoms with Crippen LogP contribution >= 0.6 is 11.6 Å². The molecule has 1 aliphatic heterocycles. The van der Waals surface area contributed by atoms with E-state index >= 15 is 0 Å². The van der Waals surface area contributed by atoms with Crippen molar-refractivity contribution in [1.29, 1.82) is 0 Å². The van der Waals surface area contributed by atoms with Crippen molar-refractivity contribution in [2.45, 2.75) is 13.2 Å². The van der Waals surface area contributed by atoms with Gasteiger partial charge < -0.3 is 19.7 Å². The van der Waals surface area contributed by atoms with Crippen LogP contribution in [0.2, 0.25) is 5.02 Å². The summed E-state index contributed by atoms with van der Waals surface area (Å²) in [5.74, 6) is 0.396. The summed E-state index contributed by atoms with van der Waals surface area (Å²) in [5.41, 5.74) is 4.15. The highest BCUT2D eigenvalue weighted by Crippen LogP contribution is 2.22. The van der Waals surface area contributed by atoms with Gasteiger partial charge in [-0.1, -0.05) is 29.8 Å². The lowest BCUT2D eigenvalue weighted by Gasteiger charge is -2.28. The predicted molar refractivity (Wildman–Crippen MR) is 119 cm³/mol. The zero-order chi connectivity index (χ0) is 20.8. The maximum Gasteiger partial charge on any atom is 0.124 e. The Balaban J connectivity index is 1.31. The molecule has 0 amide bonds. The molecule has 1 aliphatic rings. The van der Waals surface area contributed by atoms with E-state index in [1.54, 1.807) is 6.07 Å². The number of benzene rings is 3. The second-order valence-electron chi connectivity index (χ2n) is 7.17. The molecule has 3 aromatic rings. The number of nitrogens with zero attached hydrogens (tertiary/aromatic N) is 1. The van der Waals surface area contributed by atoms with E-state index in [-0.39, 0.29) is 5.82 Å². The Morgan fingerprint density at radius 2 is 1.80 bits per heavy atom. The molecule has 4 nitrogen and oxygen atoms in total. The zero-order valence-corrected chi connectivity index (χ0v) is 17.4. The average Bonchev–Trinajstić information content (AvgIpc) is 2.78. The van der Waals surface area contributed by atoms with Gasteiger partial charge in [-0.05, 0) is 54.1 Å². The molecule has 3 aromatic carbocycles. The summed E-state index contributed by atoms with van der Waals surface area (Å²) >= 11 is 6.07. The standard InChI is InChI=1S/C24H24ClFN2O2/c25-24-15-20(26)5-4-19(24)17-30-23-3-1-2-18(14-23)16-27-21-6-8-22(9-7-21)28-10-12-29-13-11-28/h1-9,14-15,27H,10-13,16-17H2. The van der Waals surface area contributed by atoms with Crippen molar-refractivity contribution in [1.82, 2.24) is 0 Å². The van der Waals surface area contributed by atoms with Gasteiger partial charge in [0.1, 0.15) is 18.2 Å². The third kappa shape index (κ3) is 5.43. The summed E-state index contributed by atoms with van der Waals surface area (Å²) in [6.45, 7) is 4.41. The quantitative estimate of drug-likeness (QED) is 0.540. The summed E-state index contributed by atoms with van der Waals surface area (Å²) in [7, 11) is 0. The highest BCUT2D eigenvalue weighted by Gasteiger charge is 2.10. The van der Waals surface area contributed by atoms with Gasteiger partial charge in [0, 0.05) is 36.6 Å². The van der Waals surface area contributed by atoms with E-state index in [0.717, 1.165) is 48.9 Å². The first-order valence-corrected chi connectivity index (χ1v) is 10.4. The normalized spacial score (nSPS) is 13.9. The van der Waals surface area contributed by atoms with Crippen LogP contribution in [0.3, 0.4) is 0 Å². The van der Waals surface area contributed by atoms with Gasteiger partial charge in [-0.2, -0.15) is 0 Å². The van der Waals surface area contributed by atoms with E-state index in [1.165, 1.54) is 17.8 Å². The first kappa shape index (κ1) is 20.5. The fourth-order valence-corrected chi connectivity index (χ4v) is 3.58. The lowest BCUT2D eigenvalue weighted by atomic mass is 10.2. The Hall–Kier alpha value is -2.76. The minimum Gasteiger partial charge on any atom is -0.489 e. The molecule has 0 aromatic heterocycles. The van der Waals surface area contributed by atoms with Crippen LogP contribution in [-0.4, -0.2) is 26.3 Å². The topological polar surface area (TPSA) is 33.7 Å². The van der Waals surface area contributed by atoms with Gasteiger partial charge >= 0.3 is 0 Å². The number of anilines is 2. The van der Waals surface area contributed by atoms with Gasteiger partial charge in [0.2, 0.25) is 0 Å². The van der Waals surface area contributed by atoms with Gasteiger partial charge in [-0.25, -0.2) is 4.39 Å². The molecule has 0 bridgehead atoms. The molecule has 0 atom stereocenters. The lowest BCUT2D eigenvalue weighted by molar-refractivity contribution is 0.122. The molecule has 1 heterocycles. The number of halogens is 2. The fourth-order valence-electron chi connectivity index (χ4n) is 3.36. The Bertz CT molecular complexity index is 975. The number of nitrogens with one attached hydrogen (secondary N) is 1. The molecule has 30 heavy (non-hydrogen) atoms. The van der Waals surface area contributed by atoms with Crippen LogP contribution in [0, 0.1) is 5.82 Å². The van der Waals surface area contributed by atoms with E-state index in [1.807, 2.05) is 24.3 Å². The van der Waals surface area contributed by atoms with Gasteiger partial charge in [0.05, 0.1) is 18.2 Å². The summed E-state index contributed by atoms with van der Waals surface area (Å²) in [4.78, 5) is 2.33. The number of ether oxygens (including phenoxy) is 2. The average molecular weight is 427 g/mol. The van der Waals surface area contributed by atoms with E-state index < -0.39 is 0 Å². The van der Waals surface area contributed by atoms with Crippen molar-refractivity contribution in [3.63, 3.8) is 0 Å². The second kappa shape index (κ2) is 9.83. The Labute approximate surface area is 181 Å². The maximum atomic E-state index is 13.2. The van der Waals surface area contributed by atoms with Gasteiger partial charge in [-0.15, -0.1) is 0 Å². The van der Waals surface area contributed by atoms with Crippen LogP contribution in [0.1, 0.15) is 11.1 Å².